The Bertz CT molecular complexity index is 446. The van der Waals surface area contributed by atoms with Crippen molar-refractivity contribution in [3.05, 3.63) is 24.3 Å². The predicted octanol–water partition coefficient (Wildman–Crippen LogP) is 2.44. The van der Waals surface area contributed by atoms with Crippen LogP contribution in [0.15, 0.2) is 24.3 Å². The van der Waals surface area contributed by atoms with Crippen LogP contribution in [0, 0.1) is 5.92 Å². The zero-order valence-corrected chi connectivity index (χ0v) is 12.4. The van der Waals surface area contributed by atoms with Crippen LogP contribution in [0.2, 0.25) is 0 Å². The number of hydrogen-bond donors (Lipinski definition) is 1. The van der Waals surface area contributed by atoms with Crippen molar-refractivity contribution in [2.45, 2.75) is 26.7 Å². The summed E-state index contributed by atoms with van der Waals surface area (Å²) in [5.41, 5.74) is 0.902. The molecule has 0 aliphatic carbocycles. The lowest BCUT2D eigenvalue weighted by Gasteiger charge is -2.22. The molecule has 0 radical (unpaired) electrons. The summed E-state index contributed by atoms with van der Waals surface area (Å²) in [7, 11) is 0. The fraction of sp³-hybridized carbons (Fsp3) is 0.562. The van der Waals surface area contributed by atoms with Crippen molar-refractivity contribution in [3.8, 4) is 5.75 Å². The summed E-state index contributed by atoms with van der Waals surface area (Å²) in [5.74, 6) is 1.62. The molecule has 1 heterocycles. The van der Waals surface area contributed by atoms with E-state index in [1.807, 2.05) is 29.2 Å². The van der Waals surface area contributed by atoms with Gasteiger partial charge in [-0.15, -0.1) is 0 Å². The standard InChI is InChI=1S/C16H24N2O2/c1-13(2)12-17-9-5-10-18-14-6-3-4-7-15(14)20-11-8-16(18)19/h3-4,6-7,13,17H,5,8-12H2,1-2H3. The van der Waals surface area contributed by atoms with Crippen molar-refractivity contribution >= 4 is 11.6 Å². The highest BCUT2D eigenvalue weighted by Gasteiger charge is 2.22. The van der Waals surface area contributed by atoms with E-state index in [0.29, 0.717) is 18.9 Å². The molecule has 0 saturated carbocycles. The highest BCUT2D eigenvalue weighted by atomic mass is 16.5. The van der Waals surface area contributed by atoms with Crippen LogP contribution in [0.5, 0.6) is 5.75 Å². The van der Waals surface area contributed by atoms with Crippen LogP contribution in [0.1, 0.15) is 26.7 Å². The van der Waals surface area contributed by atoms with E-state index in [9.17, 15) is 4.79 Å². The van der Waals surface area contributed by atoms with Gasteiger partial charge in [0.05, 0.1) is 18.7 Å². The van der Waals surface area contributed by atoms with Crippen LogP contribution in [0.4, 0.5) is 5.69 Å². The van der Waals surface area contributed by atoms with Crippen LogP contribution in [-0.4, -0.2) is 32.1 Å². The molecule has 1 aromatic carbocycles. The summed E-state index contributed by atoms with van der Waals surface area (Å²) in [5, 5.41) is 3.41. The van der Waals surface area contributed by atoms with E-state index in [0.717, 1.165) is 37.5 Å². The highest BCUT2D eigenvalue weighted by molar-refractivity contribution is 5.95. The van der Waals surface area contributed by atoms with Crippen LogP contribution in [-0.2, 0) is 4.79 Å². The smallest absolute Gasteiger partial charge is 0.230 e. The number of ether oxygens (including phenoxy) is 1. The number of amides is 1. The number of carbonyl (C=O) groups excluding carboxylic acids is 1. The van der Waals surface area contributed by atoms with Gasteiger partial charge in [0, 0.05) is 6.54 Å². The quantitative estimate of drug-likeness (QED) is 0.811. The van der Waals surface area contributed by atoms with Crippen LogP contribution in [0.3, 0.4) is 0 Å². The molecule has 0 fully saturated rings. The minimum absolute atomic E-state index is 0.152. The lowest BCUT2D eigenvalue weighted by atomic mass is 10.2. The first-order valence-corrected chi connectivity index (χ1v) is 7.41. The summed E-state index contributed by atoms with van der Waals surface area (Å²) < 4.78 is 5.63. The number of hydrogen-bond acceptors (Lipinski definition) is 3. The number of nitrogens with one attached hydrogen (secondary N) is 1. The van der Waals surface area contributed by atoms with Gasteiger partial charge in [-0.3, -0.25) is 4.79 Å². The molecule has 20 heavy (non-hydrogen) atoms. The highest BCUT2D eigenvalue weighted by Crippen LogP contribution is 2.30. The molecule has 0 atom stereocenters. The SMILES string of the molecule is CC(C)CNCCCN1C(=O)CCOc2ccccc21. The molecule has 0 bridgehead atoms. The van der Waals surface area contributed by atoms with E-state index in [1.54, 1.807) is 0 Å². The van der Waals surface area contributed by atoms with Gasteiger partial charge in [-0.05, 0) is 37.6 Å². The van der Waals surface area contributed by atoms with Crippen LogP contribution < -0.4 is 15.0 Å². The summed E-state index contributed by atoms with van der Waals surface area (Å²) in [6.07, 6.45) is 1.40. The van der Waals surface area contributed by atoms with Gasteiger partial charge in [0.25, 0.3) is 0 Å². The molecule has 0 spiro atoms. The predicted molar refractivity (Wildman–Crippen MR) is 81.2 cm³/mol. The van der Waals surface area contributed by atoms with Gasteiger partial charge < -0.3 is 15.0 Å². The maximum absolute atomic E-state index is 12.2. The van der Waals surface area contributed by atoms with Gasteiger partial charge in [0.1, 0.15) is 5.75 Å². The monoisotopic (exact) mass is 276 g/mol. The Balaban J connectivity index is 1.93. The Labute approximate surface area is 121 Å². The third-order valence-electron chi connectivity index (χ3n) is 3.32. The Morgan fingerprint density at radius 2 is 2.15 bits per heavy atom. The summed E-state index contributed by atoms with van der Waals surface area (Å²) in [6.45, 7) is 7.55. The number of fused-ring (bicyclic) bond motifs is 1. The average molecular weight is 276 g/mol. The summed E-state index contributed by atoms with van der Waals surface area (Å²) >= 11 is 0. The minimum Gasteiger partial charge on any atom is -0.491 e. The molecule has 4 nitrogen and oxygen atoms in total. The van der Waals surface area contributed by atoms with E-state index in [-0.39, 0.29) is 5.91 Å². The molecule has 110 valence electrons. The number of anilines is 1. The van der Waals surface area contributed by atoms with Gasteiger partial charge in [0.15, 0.2) is 0 Å². The molecule has 1 aliphatic rings. The van der Waals surface area contributed by atoms with Crippen molar-refractivity contribution in [2.75, 3.05) is 31.1 Å². The lowest BCUT2D eigenvalue weighted by molar-refractivity contribution is -0.118. The Hall–Kier alpha value is -1.55. The minimum atomic E-state index is 0.152. The zero-order chi connectivity index (χ0) is 14.4. The molecule has 1 N–H and O–H groups in total. The first kappa shape index (κ1) is 14.9. The molecule has 4 heteroatoms. The van der Waals surface area contributed by atoms with Gasteiger partial charge in [-0.25, -0.2) is 0 Å². The number of benzene rings is 1. The molecule has 2 rings (SSSR count). The van der Waals surface area contributed by atoms with Crippen molar-refractivity contribution in [2.24, 2.45) is 5.92 Å². The van der Waals surface area contributed by atoms with Crippen LogP contribution >= 0.6 is 0 Å². The first-order valence-electron chi connectivity index (χ1n) is 7.41. The molecule has 0 aromatic heterocycles. The molecule has 1 amide bonds. The van der Waals surface area contributed by atoms with E-state index < -0.39 is 0 Å². The molecular weight excluding hydrogens is 252 g/mol. The van der Waals surface area contributed by atoms with Crippen molar-refractivity contribution in [1.82, 2.24) is 5.32 Å². The third-order valence-corrected chi connectivity index (χ3v) is 3.32. The van der Waals surface area contributed by atoms with Crippen molar-refractivity contribution < 1.29 is 9.53 Å². The molecule has 1 aliphatic heterocycles. The average Bonchev–Trinajstić information content (AvgIpc) is 2.58. The normalized spacial score (nSPS) is 14.9. The Morgan fingerprint density at radius 3 is 2.95 bits per heavy atom. The van der Waals surface area contributed by atoms with Crippen molar-refractivity contribution in [3.63, 3.8) is 0 Å². The fourth-order valence-corrected chi connectivity index (χ4v) is 2.32. The van der Waals surface area contributed by atoms with E-state index in [4.69, 9.17) is 4.74 Å². The van der Waals surface area contributed by atoms with Crippen LogP contribution in [0.25, 0.3) is 0 Å². The van der Waals surface area contributed by atoms with Gasteiger partial charge in [0.2, 0.25) is 5.91 Å². The lowest BCUT2D eigenvalue weighted by Crippen LogP contribution is -2.33. The van der Waals surface area contributed by atoms with E-state index >= 15 is 0 Å². The second-order valence-corrected chi connectivity index (χ2v) is 5.56. The second-order valence-electron chi connectivity index (χ2n) is 5.56. The maximum atomic E-state index is 12.2. The Morgan fingerprint density at radius 1 is 1.35 bits per heavy atom. The third kappa shape index (κ3) is 3.97. The van der Waals surface area contributed by atoms with Gasteiger partial charge in [-0.1, -0.05) is 26.0 Å². The second kappa shape index (κ2) is 7.29. The molecule has 0 unspecified atom stereocenters. The Kier molecular flexibility index (Phi) is 5.41. The molecule has 0 saturated heterocycles. The maximum Gasteiger partial charge on any atom is 0.230 e. The zero-order valence-electron chi connectivity index (χ0n) is 12.4. The number of carbonyl (C=O) groups is 1. The van der Waals surface area contributed by atoms with E-state index in [2.05, 4.69) is 19.2 Å². The summed E-state index contributed by atoms with van der Waals surface area (Å²) in [4.78, 5) is 14.0. The topological polar surface area (TPSA) is 41.6 Å². The number of rotatable bonds is 6. The molecule has 1 aromatic rings. The first-order chi connectivity index (χ1) is 9.68. The summed E-state index contributed by atoms with van der Waals surface area (Å²) in [6, 6.07) is 7.78. The number of para-hydroxylation sites is 2. The largest absolute Gasteiger partial charge is 0.491 e. The molecular formula is C16H24N2O2. The fourth-order valence-electron chi connectivity index (χ4n) is 2.32. The van der Waals surface area contributed by atoms with Crippen molar-refractivity contribution in [1.29, 1.82) is 0 Å². The van der Waals surface area contributed by atoms with Gasteiger partial charge in [-0.2, -0.15) is 0 Å². The van der Waals surface area contributed by atoms with E-state index in [1.165, 1.54) is 0 Å². The number of nitrogens with zero attached hydrogens (tertiary/aromatic N) is 1. The van der Waals surface area contributed by atoms with Gasteiger partial charge >= 0.3 is 0 Å².